The molecule has 0 radical (unpaired) electrons. The molecule has 1 nitrogen and oxygen atoms in total. The highest BCUT2D eigenvalue weighted by molar-refractivity contribution is 6.33. The van der Waals surface area contributed by atoms with E-state index >= 15 is 0 Å². The van der Waals surface area contributed by atoms with Gasteiger partial charge in [-0.1, -0.05) is 55.6 Å². The summed E-state index contributed by atoms with van der Waals surface area (Å²) in [6.45, 7) is 2.33. The highest BCUT2D eigenvalue weighted by atomic mass is 35.5. The lowest BCUT2D eigenvalue weighted by Gasteiger charge is -2.26. The Morgan fingerprint density at radius 2 is 1.65 bits per heavy atom. The van der Waals surface area contributed by atoms with Crippen molar-refractivity contribution in [1.82, 2.24) is 0 Å². The van der Waals surface area contributed by atoms with Crippen LogP contribution in [0.4, 0.5) is 4.39 Å². The van der Waals surface area contributed by atoms with Crippen LogP contribution in [-0.2, 0) is 0 Å². The predicted molar refractivity (Wildman–Crippen MR) is 93.8 cm³/mol. The van der Waals surface area contributed by atoms with E-state index < -0.39 is 5.82 Å². The Morgan fingerprint density at radius 3 is 2.26 bits per heavy atom. The summed E-state index contributed by atoms with van der Waals surface area (Å²) >= 11 is 6.16. The number of benzene rings is 2. The monoisotopic (exact) mass is 332 g/mol. The fourth-order valence-electron chi connectivity index (χ4n) is 3.44. The number of halogens is 2. The van der Waals surface area contributed by atoms with E-state index in [4.69, 9.17) is 16.3 Å². The lowest BCUT2D eigenvalue weighted by Crippen LogP contribution is -2.10. The predicted octanol–water partition coefficient (Wildman–Crippen LogP) is 6.45. The molecule has 0 bridgehead atoms. The maximum atomic E-state index is 14.1. The van der Waals surface area contributed by atoms with Gasteiger partial charge in [0, 0.05) is 5.56 Å². The second kappa shape index (κ2) is 6.92. The molecule has 0 saturated heterocycles. The highest BCUT2D eigenvalue weighted by Gasteiger charge is 2.20. The largest absolute Gasteiger partial charge is 0.494 e. The number of methoxy groups -OCH3 is 1. The van der Waals surface area contributed by atoms with Gasteiger partial charge in [0.2, 0.25) is 0 Å². The van der Waals surface area contributed by atoms with E-state index in [1.54, 1.807) is 6.07 Å². The zero-order valence-electron chi connectivity index (χ0n) is 13.6. The van der Waals surface area contributed by atoms with Gasteiger partial charge in [0.15, 0.2) is 11.6 Å². The van der Waals surface area contributed by atoms with Crippen molar-refractivity contribution in [2.24, 2.45) is 5.92 Å². The van der Waals surface area contributed by atoms with Gasteiger partial charge in [-0.05, 0) is 47.9 Å². The van der Waals surface area contributed by atoms with Crippen LogP contribution in [0.25, 0.3) is 11.1 Å². The van der Waals surface area contributed by atoms with Crippen molar-refractivity contribution in [2.45, 2.75) is 38.5 Å². The topological polar surface area (TPSA) is 9.23 Å². The number of rotatable bonds is 3. The maximum Gasteiger partial charge on any atom is 0.184 e. The Kier molecular flexibility index (Phi) is 4.91. The first-order chi connectivity index (χ1) is 11.1. The average molecular weight is 333 g/mol. The molecule has 1 aliphatic carbocycles. The standard InChI is InChI=1S/C20H22ClFO/c1-13-3-5-14(6-4-13)15-7-9-16(10-8-15)17-11-12-18(23-2)20(22)19(17)21/h7-14H,3-6H2,1-2H3. The first-order valence-electron chi connectivity index (χ1n) is 8.22. The quantitative estimate of drug-likeness (QED) is 0.627. The molecule has 2 aromatic carbocycles. The molecule has 1 aliphatic rings. The Bertz CT molecular complexity index is 673. The zero-order chi connectivity index (χ0) is 16.4. The molecule has 0 N–H and O–H groups in total. The molecule has 3 rings (SSSR count). The SMILES string of the molecule is COc1ccc(-c2ccc(C3CCC(C)CC3)cc2)c(Cl)c1F. The summed E-state index contributed by atoms with van der Waals surface area (Å²) in [6.07, 6.45) is 5.14. The van der Waals surface area contributed by atoms with Crippen molar-refractivity contribution in [3.63, 3.8) is 0 Å². The van der Waals surface area contributed by atoms with Crippen LogP contribution in [-0.4, -0.2) is 7.11 Å². The maximum absolute atomic E-state index is 14.1. The van der Waals surface area contributed by atoms with Crippen molar-refractivity contribution in [1.29, 1.82) is 0 Å². The van der Waals surface area contributed by atoms with Gasteiger partial charge in [-0.2, -0.15) is 0 Å². The second-order valence-electron chi connectivity index (χ2n) is 6.52. The first-order valence-corrected chi connectivity index (χ1v) is 8.60. The molecule has 1 saturated carbocycles. The van der Waals surface area contributed by atoms with Gasteiger partial charge in [0.05, 0.1) is 12.1 Å². The molecule has 1 fully saturated rings. The molecule has 0 heterocycles. The molecule has 0 aliphatic heterocycles. The van der Waals surface area contributed by atoms with E-state index in [1.807, 2.05) is 18.2 Å². The zero-order valence-corrected chi connectivity index (χ0v) is 14.4. The summed E-state index contributed by atoms with van der Waals surface area (Å²) < 4.78 is 19.1. The number of hydrogen-bond donors (Lipinski definition) is 0. The molecular formula is C20H22ClFO. The van der Waals surface area contributed by atoms with Crippen LogP contribution in [0, 0.1) is 11.7 Å². The van der Waals surface area contributed by atoms with Crippen LogP contribution in [0.3, 0.4) is 0 Å². The van der Waals surface area contributed by atoms with Crippen molar-refractivity contribution < 1.29 is 9.13 Å². The van der Waals surface area contributed by atoms with Crippen LogP contribution in [0.1, 0.15) is 44.1 Å². The van der Waals surface area contributed by atoms with Gasteiger partial charge < -0.3 is 4.74 Å². The summed E-state index contributed by atoms with van der Waals surface area (Å²) in [7, 11) is 1.44. The van der Waals surface area contributed by atoms with Crippen molar-refractivity contribution in [3.8, 4) is 16.9 Å². The number of hydrogen-bond acceptors (Lipinski definition) is 1. The van der Waals surface area contributed by atoms with Crippen molar-refractivity contribution >= 4 is 11.6 Å². The Balaban J connectivity index is 1.84. The molecule has 0 atom stereocenters. The second-order valence-corrected chi connectivity index (χ2v) is 6.90. The fraction of sp³-hybridized carbons (Fsp3) is 0.400. The Morgan fingerprint density at radius 1 is 1.00 bits per heavy atom. The van der Waals surface area contributed by atoms with Gasteiger partial charge >= 0.3 is 0 Å². The third-order valence-electron chi connectivity index (χ3n) is 4.98. The molecule has 0 amide bonds. The lowest BCUT2D eigenvalue weighted by molar-refractivity contribution is 0.348. The molecule has 2 aromatic rings. The minimum absolute atomic E-state index is 0.114. The van der Waals surface area contributed by atoms with Crippen LogP contribution in [0.15, 0.2) is 36.4 Å². The summed E-state index contributed by atoms with van der Waals surface area (Å²) in [5.74, 6) is 1.18. The van der Waals surface area contributed by atoms with Crippen molar-refractivity contribution in [3.05, 3.63) is 52.8 Å². The fourth-order valence-corrected chi connectivity index (χ4v) is 3.71. The van der Waals surface area contributed by atoms with Crippen LogP contribution < -0.4 is 4.74 Å². The summed E-state index contributed by atoms with van der Waals surface area (Å²) in [4.78, 5) is 0. The summed E-state index contributed by atoms with van der Waals surface area (Å²) in [6, 6.07) is 11.8. The molecule has 0 unspecified atom stereocenters. The van der Waals surface area contributed by atoms with Gasteiger partial charge in [-0.15, -0.1) is 0 Å². The van der Waals surface area contributed by atoms with Crippen LogP contribution >= 0.6 is 11.6 Å². The first kappa shape index (κ1) is 16.3. The van der Waals surface area contributed by atoms with Gasteiger partial charge in [0.1, 0.15) is 0 Å². The third kappa shape index (κ3) is 3.37. The van der Waals surface area contributed by atoms with E-state index in [0.29, 0.717) is 11.5 Å². The summed E-state index contributed by atoms with van der Waals surface area (Å²) in [5.41, 5.74) is 3.02. The van der Waals surface area contributed by atoms with Crippen LogP contribution in [0.5, 0.6) is 5.75 Å². The molecule has 122 valence electrons. The van der Waals surface area contributed by atoms with Gasteiger partial charge in [-0.25, -0.2) is 4.39 Å². The summed E-state index contributed by atoms with van der Waals surface area (Å²) in [5, 5.41) is 0.114. The van der Waals surface area contributed by atoms with E-state index in [9.17, 15) is 4.39 Å². The molecule has 0 spiro atoms. The average Bonchev–Trinajstić information content (AvgIpc) is 2.58. The van der Waals surface area contributed by atoms with E-state index in [1.165, 1.54) is 38.4 Å². The van der Waals surface area contributed by atoms with Crippen molar-refractivity contribution in [2.75, 3.05) is 7.11 Å². The minimum atomic E-state index is -0.503. The Hall–Kier alpha value is -1.54. The smallest absolute Gasteiger partial charge is 0.184 e. The molecule has 23 heavy (non-hydrogen) atoms. The van der Waals surface area contributed by atoms with E-state index in [0.717, 1.165) is 11.5 Å². The van der Waals surface area contributed by atoms with Gasteiger partial charge in [-0.3, -0.25) is 0 Å². The van der Waals surface area contributed by atoms with E-state index in [-0.39, 0.29) is 10.8 Å². The van der Waals surface area contributed by atoms with Crippen LogP contribution in [0.2, 0.25) is 5.02 Å². The highest BCUT2D eigenvalue weighted by Crippen LogP contribution is 2.38. The lowest BCUT2D eigenvalue weighted by atomic mass is 9.79. The Labute approximate surface area is 142 Å². The molecule has 3 heteroatoms. The number of ether oxygens (including phenoxy) is 1. The molecule has 0 aromatic heterocycles. The normalized spacial score (nSPS) is 21.2. The molecular weight excluding hydrogens is 311 g/mol. The third-order valence-corrected chi connectivity index (χ3v) is 5.35. The van der Waals surface area contributed by atoms with E-state index in [2.05, 4.69) is 19.1 Å². The van der Waals surface area contributed by atoms with Gasteiger partial charge in [0.25, 0.3) is 0 Å². The minimum Gasteiger partial charge on any atom is -0.494 e.